The van der Waals surface area contributed by atoms with Crippen molar-refractivity contribution in [1.82, 2.24) is 4.90 Å². The summed E-state index contributed by atoms with van der Waals surface area (Å²) in [7, 11) is 0. The molecule has 5 nitrogen and oxygen atoms in total. The summed E-state index contributed by atoms with van der Waals surface area (Å²) in [5.74, 6) is -0.991. The van der Waals surface area contributed by atoms with Crippen LogP contribution in [0.15, 0.2) is 29.8 Å². The van der Waals surface area contributed by atoms with Crippen LogP contribution in [0.5, 0.6) is 0 Å². The SMILES string of the molecule is CC1=CCN(C(=O)Nc2cccc(C(=O)O)c2C)CC1. The van der Waals surface area contributed by atoms with Crippen molar-refractivity contribution in [2.45, 2.75) is 20.3 Å². The molecule has 0 aliphatic carbocycles. The minimum absolute atomic E-state index is 0.195. The van der Waals surface area contributed by atoms with Crippen LogP contribution >= 0.6 is 0 Å². The van der Waals surface area contributed by atoms with E-state index in [1.165, 1.54) is 11.6 Å². The Morgan fingerprint density at radius 1 is 1.30 bits per heavy atom. The molecular formula is C15H18N2O3. The number of aromatic carboxylic acids is 1. The largest absolute Gasteiger partial charge is 0.478 e. The van der Waals surface area contributed by atoms with Gasteiger partial charge in [-0.2, -0.15) is 0 Å². The highest BCUT2D eigenvalue weighted by Gasteiger charge is 2.17. The number of nitrogens with zero attached hydrogens (tertiary/aromatic N) is 1. The molecule has 0 bridgehead atoms. The molecule has 20 heavy (non-hydrogen) atoms. The fraction of sp³-hybridized carbons (Fsp3) is 0.333. The zero-order chi connectivity index (χ0) is 14.7. The fourth-order valence-electron chi connectivity index (χ4n) is 2.15. The van der Waals surface area contributed by atoms with E-state index in [4.69, 9.17) is 5.11 Å². The third-order valence-corrected chi connectivity index (χ3v) is 3.53. The predicted molar refractivity (Wildman–Crippen MR) is 77.1 cm³/mol. The summed E-state index contributed by atoms with van der Waals surface area (Å²) >= 11 is 0. The number of amides is 2. The number of nitrogens with one attached hydrogen (secondary N) is 1. The van der Waals surface area contributed by atoms with Crippen molar-refractivity contribution < 1.29 is 14.7 Å². The van der Waals surface area contributed by atoms with E-state index in [0.717, 1.165) is 6.42 Å². The van der Waals surface area contributed by atoms with Gasteiger partial charge in [-0.05, 0) is 38.0 Å². The van der Waals surface area contributed by atoms with Crippen LogP contribution in [0.2, 0.25) is 0 Å². The third kappa shape index (κ3) is 2.99. The Hall–Kier alpha value is -2.30. The molecule has 1 aromatic rings. The van der Waals surface area contributed by atoms with Crippen molar-refractivity contribution in [1.29, 1.82) is 0 Å². The molecule has 2 rings (SSSR count). The topological polar surface area (TPSA) is 69.6 Å². The molecule has 1 aliphatic heterocycles. The van der Waals surface area contributed by atoms with Gasteiger partial charge in [0.25, 0.3) is 0 Å². The molecule has 1 aliphatic rings. The highest BCUT2D eigenvalue weighted by Crippen LogP contribution is 2.20. The first-order valence-corrected chi connectivity index (χ1v) is 6.53. The Bertz CT molecular complexity index is 578. The number of hydrogen-bond donors (Lipinski definition) is 2. The molecule has 1 heterocycles. The zero-order valence-electron chi connectivity index (χ0n) is 11.6. The molecule has 0 fully saturated rings. The van der Waals surface area contributed by atoms with Crippen LogP contribution in [0.4, 0.5) is 10.5 Å². The number of carbonyl (C=O) groups excluding carboxylic acids is 1. The maximum atomic E-state index is 12.1. The standard InChI is InChI=1S/C15H18N2O3/c1-10-6-8-17(9-7-10)15(20)16-13-5-3-4-12(11(13)2)14(18)19/h3-6H,7-9H2,1-2H3,(H,16,20)(H,18,19). The third-order valence-electron chi connectivity index (χ3n) is 3.53. The molecule has 0 radical (unpaired) electrons. The Labute approximate surface area is 117 Å². The number of anilines is 1. The molecular weight excluding hydrogens is 256 g/mol. The van der Waals surface area contributed by atoms with Gasteiger partial charge in [-0.25, -0.2) is 9.59 Å². The van der Waals surface area contributed by atoms with E-state index in [-0.39, 0.29) is 11.6 Å². The van der Waals surface area contributed by atoms with Crippen molar-refractivity contribution in [3.63, 3.8) is 0 Å². The number of carbonyl (C=O) groups is 2. The van der Waals surface area contributed by atoms with Gasteiger partial charge < -0.3 is 15.3 Å². The summed E-state index contributed by atoms with van der Waals surface area (Å²) < 4.78 is 0. The van der Waals surface area contributed by atoms with Gasteiger partial charge in [0.2, 0.25) is 0 Å². The molecule has 0 aromatic heterocycles. The van der Waals surface area contributed by atoms with Crippen molar-refractivity contribution in [2.24, 2.45) is 0 Å². The Morgan fingerprint density at radius 3 is 2.65 bits per heavy atom. The lowest BCUT2D eigenvalue weighted by molar-refractivity contribution is 0.0696. The van der Waals surface area contributed by atoms with Gasteiger partial charge in [0.15, 0.2) is 0 Å². The summed E-state index contributed by atoms with van der Waals surface area (Å²) in [6, 6.07) is 4.68. The maximum absolute atomic E-state index is 12.1. The first-order chi connectivity index (χ1) is 9.49. The van der Waals surface area contributed by atoms with Crippen molar-refractivity contribution in [3.8, 4) is 0 Å². The van der Waals surface area contributed by atoms with Gasteiger partial charge >= 0.3 is 12.0 Å². The molecule has 2 amide bonds. The van der Waals surface area contributed by atoms with Gasteiger partial charge in [-0.3, -0.25) is 0 Å². The van der Waals surface area contributed by atoms with Gasteiger partial charge in [0, 0.05) is 18.8 Å². The molecule has 0 atom stereocenters. The molecule has 1 aromatic carbocycles. The highest BCUT2D eigenvalue weighted by molar-refractivity contribution is 5.95. The van der Waals surface area contributed by atoms with Crippen molar-refractivity contribution >= 4 is 17.7 Å². The van der Waals surface area contributed by atoms with Crippen LogP contribution < -0.4 is 5.32 Å². The first kappa shape index (κ1) is 14.1. The van der Waals surface area contributed by atoms with Gasteiger partial charge in [-0.1, -0.05) is 17.7 Å². The molecule has 0 saturated carbocycles. The van der Waals surface area contributed by atoms with Crippen LogP contribution in [-0.4, -0.2) is 35.1 Å². The minimum Gasteiger partial charge on any atom is -0.478 e. The van der Waals surface area contributed by atoms with Crippen LogP contribution in [-0.2, 0) is 0 Å². The Balaban J connectivity index is 2.12. The molecule has 5 heteroatoms. The molecule has 106 valence electrons. The quantitative estimate of drug-likeness (QED) is 0.815. The second-order valence-electron chi connectivity index (χ2n) is 4.96. The van der Waals surface area contributed by atoms with Gasteiger partial charge in [-0.15, -0.1) is 0 Å². The Morgan fingerprint density at radius 2 is 2.05 bits per heavy atom. The lowest BCUT2D eigenvalue weighted by Gasteiger charge is -2.26. The highest BCUT2D eigenvalue weighted by atomic mass is 16.4. The smallest absolute Gasteiger partial charge is 0.336 e. The molecule has 0 saturated heterocycles. The van der Waals surface area contributed by atoms with Crippen LogP contribution in [0.25, 0.3) is 0 Å². The zero-order valence-corrected chi connectivity index (χ0v) is 11.6. The normalized spacial score (nSPS) is 14.7. The average Bonchev–Trinajstić information content (AvgIpc) is 2.41. The monoisotopic (exact) mass is 274 g/mol. The van der Waals surface area contributed by atoms with Gasteiger partial charge in [0.05, 0.1) is 5.56 Å². The Kier molecular flexibility index (Phi) is 4.08. The summed E-state index contributed by atoms with van der Waals surface area (Å²) in [4.78, 5) is 24.9. The predicted octanol–water partition coefficient (Wildman–Crippen LogP) is 2.88. The average molecular weight is 274 g/mol. The van der Waals surface area contributed by atoms with Crippen molar-refractivity contribution in [2.75, 3.05) is 18.4 Å². The van der Waals surface area contributed by atoms with E-state index in [1.807, 2.05) is 6.08 Å². The summed E-state index contributed by atoms with van der Waals surface area (Å²) in [5, 5.41) is 11.9. The number of urea groups is 1. The first-order valence-electron chi connectivity index (χ1n) is 6.53. The second kappa shape index (κ2) is 5.77. The number of hydrogen-bond acceptors (Lipinski definition) is 2. The van der Waals surface area contributed by atoms with E-state index in [2.05, 4.69) is 12.2 Å². The molecule has 0 spiro atoms. The van der Waals surface area contributed by atoms with E-state index < -0.39 is 5.97 Å². The summed E-state index contributed by atoms with van der Waals surface area (Å²) in [5.41, 5.74) is 2.61. The number of benzene rings is 1. The number of rotatable bonds is 2. The van der Waals surface area contributed by atoms with E-state index in [0.29, 0.717) is 24.3 Å². The van der Waals surface area contributed by atoms with Crippen LogP contribution in [0.1, 0.15) is 29.3 Å². The second-order valence-corrected chi connectivity index (χ2v) is 4.96. The van der Waals surface area contributed by atoms with Gasteiger partial charge in [0.1, 0.15) is 0 Å². The van der Waals surface area contributed by atoms with E-state index in [9.17, 15) is 9.59 Å². The number of carboxylic acids is 1. The summed E-state index contributed by atoms with van der Waals surface area (Å²) in [6.07, 6.45) is 2.91. The van der Waals surface area contributed by atoms with Crippen LogP contribution in [0, 0.1) is 6.92 Å². The molecule has 2 N–H and O–H groups in total. The lowest BCUT2D eigenvalue weighted by atomic mass is 10.1. The van der Waals surface area contributed by atoms with Crippen molar-refractivity contribution in [3.05, 3.63) is 41.0 Å². The van der Waals surface area contributed by atoms with E-state index >= 15 is 0 Å². The number of carboxylic acid groups (broad SMARTS) is 1. The van der Waals surface area contributed by atoms with E-state index in [1.54, 1.807) is 24.0 Å². The lowest BCUT2D eigenvalue weighted by Crippen LogP contribution is -2.38. The summed E-state index contributed by atoms with van der Waals surface area (Å²) in [6.45, 7) is 5.02. The minimum atomic E-state index is -0.991. The maximum Gasteiger partial charge on any atom is 0.336 e. The molecule has 0 unspecified atom stereocenters. The van der Waals surface area contributed by atoms with Crippen LogP contribution in [0.3, 0.4) is 0 Å². The fourth-order valence-corrected chi connectivity index (χ4v) is 2.15.